The van der Waals surface area contributed by atoms with Gasteiger partial charge in [-0.15, -0.1) is 0 Å². The van der Waals surface area contributed by atoms with E-state index in [1.165, 1.54) is 6.92 Å². The first-order valence-electron chi connectivity index (χ1n) is 8.22. The fraction of sp³-hybridized carbons (Fsp3) is 0.150. The molecule has 1 aromatic carbocycles. The summed E-state index contributed by atoms with van der Waals surface area (Å²) in [5.41, 5.74) is 3.27. The molecule has 2 N–H and O–H groups in total. The molecule has 0 saturated carbocycles. The average Bonchev–Trinajstić information content (AvgIpc) is 3.16. The molecule has 0 fully saturated rings. The van der Waals surface area contributed by atoms with Crippen molar-refractivity contribution in [3.63, 3.8) is 0 Å². The lowest BCUT2D eigenvalue weighted by atomic mass is 10.1. The lowest BCUT2D eigenvalue weighted by Gasteiger charge is -2.07. The fourth-order valence-corrected chi connectivity index (χ4v) is 2.50. The van der Waals surface area contributed by atoms with Crippen LogP contribution < -0.4 is 10.6 Å². The molecule has 2 aromatic heterocycles. The van der Waals surface area contributed by atoms with Crippen LogP contribution in [0.15, 0.2) is 65.4 Å². The number of nitrogens with zero attached hydrogens (tertiary/aromatic N) is 1. The van der Waals surface area contributed by atoms with E-state index in [1.807, 2.05) is 36.4 Å². The third-order valence-corrected chi connectivity index (χ3v) is 3.73. The Labute approximate surface area is 151 Å². The number of rotatable bonds is 6. The topological polar surface area (TPSA) is 84.2 Å². The van der Waals surface area contributed by atoms with Crippen molar-refractivity contribution in [3.05, 3.63) is 72.1 Å². The number of hydrogen-bond donors (Lipinski definition) is 2. The Morgan fingerprint density at radius 2 is 1.88 bits per heavy atom. The number of benzene rings is 1. The highest BCUT2D eigenvalue weighted by Crippen LogP contribution is 2.18. The summed E-state index contributed by atoms with van der Waals surface area (Å²) in [6.45, 7) is 1.87. The van der Waals surface area contributed by atoms with Gasteiger partial charge < -0.3 is 15.1 Å². The summed E-state index contributed by atoms with van der Waals surface area (Å²) in [4.78, 5) is 27.4. The quantitative estimate of drug-likeness (QED) is 0.716. The van der Waals surface area contributed by atoms with E-state index >= 15 is 0 Å². The number of carbonyl (C=O) groups is 2. The molecule has 26 heavy (non-hydrogen) atoms. The van der Waals surface area contributed by atoms with E-state index in [0.29, 0.717) is 18.0 Å². The molecule has 0 spiro atoms. The van der Waals surface area contributed by atoms with Crippen LogP contribution in [-0.2, 0) is 22.6 Å². The van der Waals surface area contributed by atoms with Crippen LogP contribution in [0.4, 0.5) is 5.69 Å². The smallest absolute Gasteiger partial charge is 0.224 e. The van der Waals surface area contributed by atoms with Crippen LogP contribution >= 0.6 is 0 Å². The van der Waals surface area contributed by atoms with Crippen LogP contribution in [-0.4, -0.2) is 16.8 Å². The molecule has 0 atom stereocenters. The fourth-order valence-electron chi connectivity index (χ4n) is 2.50. The molecule has 0 bridgehead atoms. The number of anilines is 1. The molecule has 0 aliphatic rings. The van der Waals surface area contributed by atoms with Crippen LogP contribution in [0.5, 0.6) is 0 Å². The predicted octanol–water partition coefficient (Wildman–Crippen LogP) is 3.16. The SMILES string of the molecule is CC(=O)Nc1ccc(CC(=O)NCc2ccnc(-c3ccco3)c2)cc1. The Kier molecular flexibility index (Phi) is 5.43. The van der Waals surface area contributed by atoms with Gasteiger partial charge in [-0.2, -0.15) is 0 Å². The number of carbonyl (C=O) groups excluding carboxylic acids is 2. The summed E-state index contributed by atoms with van der Waals surface area (Å²) in [6, 6.07) is 14.6. The van der Waals surface area contributed by atoms with Crippen molar-refractivity contribution in [3.8, 4) is 11.5 Å². The lowest BCUT2D eigenvalue weighted by molar-refractivity contribution is -0.120. The van der Waals surface area contributed by atoms with Gasteiger partial charge in [-0.05, 0) is 47.5 Å². The van der Waals surface area contributed by atoms with Crippen LogP contribution in [0.2, 0.25) is 0 Å². The Bertz CT molecular complexity index is 887. The van der Waals surface area contributed by atoms with E-state index in [2.05, 4.69) is 15.6 Å². The summed E-state index contributed by atoms with van der Waals surface area (Å²) in [7, 11) is 0. The normalized spacial score (nSPS) is 10.3. The van der Waals surface area contributed by atoms with Gasteiger partial charge in [0, 0.05) is 25.4 Å². The maximum atomic E-state index is 12.1. The van der Waals surface area contributed by atoms with Gasteiger partial charge in [0.2, 0.25) is 11.8 Å². The standard InChI is InChI=1S/C20H19N3O3/c1-14(24)23-17-6-4-15(5-7-17)12-20(25)22-13-16-8-9-21-18(11-16)19-3-2-10-26-19/h2-11H,12-13H2,1H3,(H,22,25)(H,23,24). The number of pyridine rings is 1. The molecular formula is C20H19N3O3. The van der Waals surface area contributed by atoms with Crippen molar-refractivity contribution in [2.75, 3.05) is 5.32 Å². The molecule has 6 nitrogen and oxygen atoms in total. The van der Waals surface area contributed by atoms with Crippen LogP contribution in [0.25, 0.3) is 11.5 Å². The maximum Gasteiger partial charge on any atom is 0.224 e. The Morgan fingerprint density at radius 1 is 1.08 bits per heavy atom. The van der Waals surface area contributed by atoms with Gasteiger partial charge in [-0.25, -0.2) is 0 Å². The van der Waals surface area contributed by atoms with E-state index in [9.17, 15) is 9.59 Å². The highest BCUT2D eigenvalue weighted by atomic mass is 16.3. The first kappa shape index (κ1) is 17.4. The zero-order valence-corrected chi connectivity index (χ0v) is 14.4. The minimum atomic E-state index is -0.123. The zero-order chi connectivity index (χ0) is 18.4. The number of amides is 2. The second kappa shape index (κ2) is 8.11. The minimum absolute atomic E-state index is 0.0753. The van der Waals surface area contributed by atoms with Gasteiger partial charge in [0.05, 0.1) is 12.7 Å². The molecule has 2 heterocycles. The van der Waals surface area contributed by atoms with Gasteiger partial charge in [-0.3, -0.25) is 14.6 Å². The van der Waals surface area contributed by atoms with Crippen LogP contribution in [0, 0.1) is 0 Å². The zero-order valence-electron chi connectivity index (χ0n) is 14.4. The van der Waals surface area contributed by atoms with Crippen LogP contribution in [0.1, 0.15) is 18.1 Å². The van der Waals surface area contributed by atoms with Gasteiger partial charge in [0.15, 0.2) is 5.76 Å². The molecule has 132 valence electrons. The Hall–Kier alpha value is -3.41. The van der Waals surface area contributed by atoms with Gasteiger partial charge in [0.25, 0.3) is 0 Å². The van der Waals surface area contributed by atoms with Gasteiger partial charge >= 0.3 is 0 Å². The number of aromatic nitrogens is 1. The molecular weight excluding hydrogens is 330 g/mol. The highest BCUT2D eigenvalue weighted by Gasteiger charge is 2.06. The third-order valence-electron chi connectivity index (χ3n) is 3.73. The van der Waals surface area contributed by atoms with Crippen molar-refractivity contribution in [1.82, 2.24) is 10.3 Å². The predicted molar refractivity (Wildman–Crippen MR) is 98.2 cm³/mol. The molecule has 6 heteroatoms. The molecule has 0 unspecified atom stereocenters. The van der Waals surface area contributed by atoms with Gasteiger partial charge in [0.1, 0.15) is 5.69 Å². The largest absolute Gasteiger partial charge is 0.463 e. The van der Waals surface area contributed by atoms with Crippen molar-refractivity contribution >= 4 is 17.5 Å². The molecule has 2 amide bonds. The summed E-state index contributed by atoms with van der Waals surface area (Å²) in [5, 5.41) is 5.60. The second-order valence-electron chi connectivity index (χ2n) is 5.86. The summed E-state index contributed by atoms with van der Waals surface area (Å²) in [5.74, 6) is 0.493. The third kappa shape index (κ3) is 4.80. The van der Waals surface area contributed by atoms with Crippen molar-refractivity contribution in [2.45, 2.75) is 19.9 Å². The molecule has 0 radical (unpaired) electrons. The van der Waals surface area contributed by atoms with Gasteiger partial charge in [-0.1, -0.05) is 12.1 Å². The second-order valence-corrected chi connectivity index (χ2v) is 5.86. The van der Waals surface area contributed by atoms with E-state index < -0.39 is 0 Å². The van der Waals surface area contributed by atoms with E-state index in [-0.39, 0.29) is 18.2 Å². The highest BCUT2D eigenvalue weighted by molar-refractivity contribution is 5.88. The van der Waals surface area contributed by atoms with Crippen LogP contribution in [0.3, 0.4) is 0 Å². The van der Waals surface area contributed by atoms with E-state index in [0.717, 1.165) is 16.8 Å². The molecule has 3 rings (SSSR count). The average molecular weight is 349 g/mol. The molecule has 0 aliphatic carbocycles. The summed E-state index contributed by atoms with van der Waals surface area (Å²) in [6.07, 6.45) is 3.57. The number of furan rings is 1. The number of nitrogens with one attached hydrogen (secondary N) is 2. The molecule has 0 aliphatic heterocycles. The first-order chi connectivity index (χ1) is 12.6. The summed E-state index contributed by atoms with van der Waals surface area (Å²) < 4.78 is 5.34. The van der Waals surface area contributed by atoms with E-state index in [4.69, 9.17) is 4.42 Å². The van der Waals surface area contributed by atoms with E-state index in [1.54, 1.807) is 24.6 Å². The number of hydrogen-bond acceptors (Lipinski definition) is 4. The Morgan fingerprint density at radius 3 is 2.58 bits per heavy atom. The molecule has 3 aromatic rings. The maximum absolute atomic E-state index is 12.1. The summed E-state index contributed by atoms with van der Waals surface area (Å²) >= 11 is 0. The Balaban J connectivity index is 1.54. The lowest BCUT2D eigenvalue weighted by Crippen LogP contribution is -2.24. The van der Waals surface area contributed by atoms with Crippen molar-refractivity contribution in [2.24, 2.45) is 0 Å². The minimum Gasteiger partial charge on any atom is -0.463 e. The van der Waals surface area contributed by atoms with Crippen molar-refractivity contribution in [1.29, 1.82) is 0 Å². The monoisotopic (exact) mass is 349 g/mol. The first-order valence-corrected chi connectivity index (χ1v) is 8.22. The van der Waals surface area contributed by atoms with Crippen molar-refractivity contribution < 1.29 is 14.0 Å². The molecule has 0 saturated heterocycles.